The molecule has 0 amide bonds. The number of anilines is 1. The highest BCUT2D eigenvalue weighted by atomic mass is 35.5. The van der Waals surface area contributed by atoms with E-state index in [1.165, 1.54) is 12.8 Å². The van der Waals surface area contributed by atoms with Crippen LogP contribution in [0.1, 0.15) is 33.1 Å². The van der Waals surface area contributed by atoms with Crippen molar-refractivity contribution in [3.8, 4) is 0 Å². The maximum atomic E-state index is 13.5. The van der Waals surface area contributed by atoms with Crippen LogP contribution in [-0.4, -0.2) is 16.0 Å². The molecule has 3 atom stereocenters. The van der Waals surface area contributed by atoms with Gasteiger partial charge < -0.3 is 5.32 Å². The number of rotatable bonds is 3. The lowest BCUT2D eigenvalue weighted by atomic mass is 9.93. The Morgan fingerprint density at radius 3 is 2.94 bits per heavy atom. The molecule has 1 aliphatic carbocycles. The number of hydrogen-bond acceptors (Lipinski definition) is 3. The van der Waals surface area contributed by atoms with E-state index in [-0.39, 0.29) is 17.1 Å². The first-order valence-electron chi connectivity index (χ1n) is 6.06. The highest BCUT2D eigenvalue weighted by Crippen LogP contribution is 2.35. The molecule has 1 aromatic rings. The van der Waals surface area contributed by atoms with Gasteiger partial charge >= 0.3 is 0 Å². The van der Waals surface area contributed by atoms with Crippen molar-refractivity contribution in [3.63, 3.8) is 0 Å². The molecule has 0 bridgehead atoms. The monoisotopic (exact) mass is 257 g/mol. The van der Waals surface area contributed by atoms with Crippen LogP contribution in [0, 0.1) is 17.7 Å². The smallest absolute Gasteiger partial charge is 0.224 e. The second-order valence-electron chi connectivity index (χ2n) is 4.69. The number of halogens is 2. The fourth-order valence-electron chi connectivity index (χ4n) is 2.65. The summed E-state index contributed by atoms with van der Waals surface area (Å²) >= 11 is 5.67. The Bertz CT molecular complexity index is 399. The molecule has 1 aliphatic rings. The van der Waals surface area contributed by atoms with Crippen LogP contribution in [0.3, 0.4) is 0 Å². The molecule has 0 radical (unpaired) electrons. The molecule has 2 rings (SSSR count). The first-order valence-corrected chi connectivity index (χ1v) is 6.44. The van der Waals surface area contributed by atoms with E-state index in [9.17, 15) is 4.39 Å². The van der Waals surface area contributed by atoms with Crippen LogP contribution in [0.2, 0.25) is 5.28 Å². The van der Waals surface area contributed by atoms with E-state index in [1.807, 2.05) is 0 Å². The van der Waals surface area contributed by atoms with Gasteiger partial charge in [-0.1, -0.05) is 20.3 Å². The third-order valence-electron chi connectivity index (χ3n) is 3.79. The third kappa shape index (κ3) is 2.68. The molecule has 1 heterocycles. The SMILES string of the molecule is CCC1CCC(Nc2nc(Cl)ncc2F)C1C. The summed E-state index contributed by atoms with van der Waals surface area (Å²) in [6, 6.07) is 0.278. The van der Waals surface area contributed by atoms with Gasteiger partial charge in [0.1, 0.15) is 0 Å². The zero-order chi connectivity index (χ0) is 12.4. The molecule has 17 heavy (non-hydrogen) atoms. The zero-order valence-electron chi connectivity index (χ0n) is 10.1. The molecule has 5 heteroatoms. The predicted octanol–water partition coefficient (Wildman–Crippen LogP) is 3.51. The van der Waals surface area contributed by atoms with Crippen molar-refractivity contribution in [2.24, 2.45) is 11.8 Å². The van der Waals surface area contributed by atoms with E-state index < -0.39 is 5.82 Å². The summed E-state index contributed by atoms with van der Waals surface area (Å²) in [6.07, 6.45) is 4.53. The minimum atomic E-state index is -0.443. The predicted molar refractivity (Wildman–Crippen MR) is 66.6 cm³/mol. The Morgan fingerprint density at radius 2 is 2.29 bits per heavy atom. The van der Waals surface area contributed by atoms with Crippen LogP contribution < -0.4 is 5.32 Å². The first-order chi connectivity index (χ1) is 8.11. The molecule has 0 aromatic carbocycles. The Morgan fingerprint density at radius 1 is 1.53 bits per heavy atom. The largest absolute Gasteiger partial charge is 0.364 e. The van der Waals surface area contributed by atoms with E-state index in [2.05, 4.69) is 29.1 Å². The Hall–Kier alpha value is -0.900. The van der Waals surface area contributed by atoms with Crippen molar-refractivity contribution in [2.45, 2.75) is 39.2 Å². The zero-order valence-corrected chi connectivity index (χ0v) is 10.8. The van der Waals surface area contributed by atoms with Crippen molar-refractivity contribution in [3.05, 3.63) is 17.3 Å². The van der Waals surface area contributed by atoms with Crippen LogP contribution >= 0.6 is 11.6 Å². The van der Waals surface area contributed by atoms with E-state index in [0.717, 1.165) is 12.6 Å². The van der Waals surface area contributed by atoms with E-state index >= 15 is 0 Å². The summed E-state index contributed by atoms with van der Waals surface area (Å²) in [6.45, 7) is 4.41. The number of aromatic nitrogens is 2. The Labute approximate surface area is 106 Å². The summed E-state index contributed by atoms with van der Waals surface area (Å²) in [5.41, 5.74) is 0. The minimum Gasteiger partial charge on any atom is -0.364 e. The van der Waals surface area contributed by atoms with Crippen LogP contribution in [0.4, 0.5) is 10.2 Å². The summed E-state index contributed by atoms with van der Waals surface area (Å²) in [7, 11) is 0. The summed E-state index contributed by atoms with van der Waals surface area (Å²) in [5.74, 6) is 1.03. The molecule has 0 spiro atoms. The molecule has 1 fully saturated rings. The molecular weight excluding hydrogens is 241 g/mol. The van der Waals surface area contributed by atoms with Gasteiger partial charge in [0.2, 0.25) is 5.28 Å². The molecule has 94 valence electrons. The quantitative estimate of drug-likeness (QED) is 0.842. The Balaban J connectivity index is 2.09. The molecule has 1 N–H and O–H groups in total. The van der Waals surface area contributed by atoms with Gasteiger partial charge in [0.25, 0.3) is 0 Å². The topological polar surface area (TPSA) is 37.8 Å². The molecule has 1 aromatic heterocycles. The molecule has 0 saturated heterocycles. The van der Waals surface area contributed by atoms with E-state index in [1.54, 1.807) is 0 Å². The third-order valence-corrected chi connectivity index (χ3v) is 3.97. The molecule has 3 nitrogen and oxygen atoms in total. The van der Waals surface area contributed by atoms with Crippen molar-refractivity contribution >= 4 is 17.4 Å². The Kier molecular flexibility index (Phi) is 3.82. The lowest BCUT2D eigenvalue weighted by Gasteiger charge is -2.21. The van der Waals surface area contributed by atoms with Crippen molar-refractivity contribution in [1.29, 1.82) is 0 Å². The fourth-order valence-corrected chi connectivity index (χ4v) is 2.78. The molecule has 1 saturated carbocycles. The highest BCUT2D eigenvalue weighted by molar-refractivity contribution is 6.28. The van der Waals surface area contributed by atoms with Crippen LogP contribution in [-0.2, 0) is 0 Å². The van der Waals surface area contributed by atoms with Gasteiger partial charge in [-0.05, 0) is 36.3 Å². The number of nitrogens with zero attached hydrogens (tertiary/aromatic N) is 2. The van der Waals surface area contributed by atoms with Crippen molar-refractivity contribution in [1.82, 2.24) is 9.97 Å². The van der Waals surface area contributed by atoms with Gasteiger partial charge in [0.15, 0.2) is 11.6 Å². The molecule has 3 unspecified atom stereocenters. The van der Waals surface area contributed by atoms with E-state index in [4.69, 9.17) is 11.6 Å². The molecular formula is C12H17ClFN3. The van der Waals surface area contributed by atoms with Gasteiger partial charge in [0.05, 0.1) is 6.20 Å². The first kappa shape index (κ1) is 12.6. The van der Waals surface area contributed by atoms with Crippen molar-refractivity contribution in [2.75, 3.05) is 5.32 Å². The summed E-state index contributed by atoms with van der Waals surface area (Å²) < 4.78 is 13.5. The van der Waals surface area contributed by atoms with Gasteiger partial charge in [-0.2, -0.15) is 4.98 Å². The van der Waals surface area contributed by atoms with Gasteiger partial charge in [-0.3, -0.25) is 0 Å². The maximum Gasteiger partial charge on any atom is 0.224 e. The lowest BCUT2D eigenvalue weighted by Crippen LogP contribution is -2.25. The second-order valence-corrected chi connectivity index (χ2v) is 5.03. The average Bonchev–Trinajstić information content (AvgIpc) is 2.65. The second kappa shape index (κ2) is 5.17. The van der Waals surface area contributed by atoms with Gasteiger partial charge in [-0.15, -0.1) is 0 Å². The standard InChI is InChI=1S/C12H17ClFN3/c1-3-8-4-5-10(7(8)2)16-11-9(14)6-15-12(13)17-11/h6-8,10H,3-5H2,1-2H3,(H,15,16,17). The summed E-state index contributed by atoms with van der Waals surface area (Å²) in [5, 5.41) is 3.23. The fraction of sp³-hybridized carbons (Fsp3) is 0.667. The highest BCUT2D eigenvalue weighted by Gasteiger charge is 2.32. The van der Waals surface area contributed by atoms with Gasteiger partial charge in [-0.25, -0.2) is 9.37 Å². The average molecular weight is 258 g/mol. The van der Waals surface area contributed by atoms with Gasteiger partial charge in [0, 0.05) is 6.04 Å². The maximum absolute atomic E-state index is 13.5. The normalized spacial score (nSPS) is 28.4. The van der Waals surface area contributed by atoms with E-state index in [0.29, 0.717) is 11.8 Å². The van der Waals surface area contributed by atoms with Crippen LogP contribution in [0.15, 0.2) is 6.20 Å². The van der Waals surface area contributed by atoms with Crippen molar-refractivity contribution < 1.29 is 4.39 Å². The van der Waals surface area contributed by atoms with Crippen LogP contribution in [0.5, 0.6) is 0 Å². The lowest BCUT2D eigenvalue weighted by molar-refractivity contribution is 0.391. The summed E-state index contributed by atoms with van der Waals surface area (Å²) in [4.78, 5) is 7.49. The number of hydrogen-bond donors (Lipinski definition) is 1. The molecule has 0 aliphatic heterocycles. The van der Waals surface area contributed by atoms with Crippen LogP contribution in [0.25, 0.3) is 0 Å². The minimum absolute atomic E-state index is 0.0755. The number of nitrogens with one attached hydrogen (secondary N) is 1.